The van der Waals surface area contributed by atoms with Crippen molar-refractivity contribution >= 4 is 22.9 Å². The van der Waals surface area contributed by atoms with Gasteiger partial charge >= 0.3 is 11.9 Å². The zero-order valence-corrected chi connectivity index (χ0v) is 22.1. The van der Waals surface area contributed by atoms with Crippen LogP contribution in [0.5, 0.6) is 28.7 Å². The van der Waals surface area contributed by atoms with E-state index < -0.39 is 101 Å². The van der Waals surface area contributed by atoms with E-state index in [9.17, 15) is 50.1 Å². The predicted molar refractivity (Wildman–Crippen MR) is 139 cm³/mol. The van der Waals surface area contributed by atoms with E-state index in [0.717, 1.165) is 31.2 Å². The molecule has 15 heteroatoms. The number of fused-ring (bicyclic) bond motifs is 1. The molecular weight excluding hydrogens is 564 g/mol. The van der Waals surface area contributed by atoms with Gasteiger partial charge in [0.05, 0.1) is 24.5 Å². The number of rotatable bonds is 8. The molecule has 1 aliphatic rings. The maximum absolute atomic E-state index is 13.5. The van der Waals surface area contributed by atoms with E-state index in [4.69, 9.17) is 23.7 Å². The molecule has 0 bridgehead atoms. The average molecular weight is 593 g/mol. The van der Waals surface area contributed by atoms with Crippen LogP contribution in [0.15, 0.2) is 39.5 Å². The van der Waals surface area contributed by atoms with Gasteiger partial charge in [0.2, 0.25) is 17.5 Å². The summed E-state index contributed by atoms with van der Waals surface area (Å²) in [4.78, 5) is 36.8. The summed E-state index contributed by atoms with van der Waals surface area (Å²) in [5.74, 6) is -5.68. The second-order valence-corrected chi connectivity index (χ2v) is 10.1. The van der Waals surface area contributed by atoms with Crippen molar-refractivity contribution in [1.82, 2.24) is 0 Å². The molecule has 42 heavy (non-hydrogen) atoms. The van der Waals surface area contributed by atoms with Crippen molar-refractivity contribution in [2.24, 2.45) is 0 Å². The number of carbonyl (C=O) groups is 2. The predicted octanol–water partition coefficient (Wildman–Crippen LogP) is 0.655. The summed E-state index contributed by atoms with van der Waals surface area (Å²) in [5.41, 5.74) is -3.25. The van der Waals surface area contributed by atoms with E-state index in [1.54, 1.807) is 0 Å². The Labute approximate surface area is 236 Å². The maximum Gasteiger partial charge on any atom is 0.309 e. The number of hydrogen-bond acceptors (Lipinski definition) is 14. The number of benzene rings is 2. The second kappa shape index (κ2) is 11.4. The maximum atomic E-state index is 13.5. The number of esters is 1. The molecule has 3 aromatic rings. The van der Waals surface area contributed by atoms with Gasteiger partial charge in [-0.25, -0.2) is 0 Å². The van der Waals surface area contributed by atoms with Gasteiger partial charge in [0.1, 0.15) is 34.7 Å². The lowest BCUT2D eigenvalue weighted by atomic mass is 9.97. The van der Waals surface area contributed by atoms with Crippen molar-refractivity contribution in [3.05, 3.63) is 40.6 Å². The lowest BCUT2D eigenvalue weighted by molar-refractivity contribution is -0.273. The van der Waals surface area contributed by atoms with Gasteiger partial charge in [0.25, 0.3) is 0 Å². The normalized spacial score (nSPS) is 23.7. The van der Waals surface area contributed by atoms with Crippen LogP contribution in [-0.4, -0.2) is 89.1 Å². The summed E-state index contributed by atoms with van der Waals surface area (Å²) in [5, 5.41) is 80.0. The first-order chi connectivity index (χ1) is 19.6. The van der Waals surface area contributed by atoms with Crippen molar-refractivity contribution in [1.29, 1.82) is 0 Å². The average Bonchev–Trinajstić information content (AvgIpc) is 2.86. The van der Waals surface area contributed by atoms with Crippen LogP contribution >= 0.6 is 0 Å². The number of aliphatic hydroxyl groups is 3. The fraction of sp³-hybridized carbons (Fsp3) is 0.370. The van der Waals surface area contributed by atoms with Crippen molar-refractivity contribution in [3.63, 3.8) is 0 Å². The number of carboxylic acids is 1. The third-order valence-corrected chi connectivity index (χ3v) is 6.49. The topological polar surface area (TPSA) is 254 Å². The molecule has 6 atom stereocenters. The molecule has 8 N–H and O–H groups in total. The van der Waals surface area contributed by atoms with Gasteiger partial charge in [-0.3, -0.25) is 14.4 Å². The van der Waals surface area contributed by atoms with Crippen LogP contribution in [0.2, 0.25) is 0 Å². The molecule has 1 saturated heterocycles. The minimum Gasteiger partial charge on any atom is -0.508 e. The number of aliphatic hydroxyl groups excluding tert-OH is 2. The molecule has 1 aromatic heterocycles. The van der Waals surface area contributed by atoms with E-state index in [0.29, 0.717) is 0 Å². The zero-order valence-electron chi connectivity index (χ0n) is 22.1. The largest absolute Gasteiger partial charge is 0.508 e. The van der Waals surface area contributed by atoms with Crippen LogP contribution in [0.4, 0.5) is 0 Å². The molecule has 0 spiro atoms. The molecule has 0 saturated carbocycles. The standard InChI is InChI=1S/C27H28O15/c1-10-23(41-18(34)9-27(2,38)8-17(32)33)21(36)22(37)26(39-10)42-25-20(35)19-15(31)6-12(28)7-16(19)40-24(25)11-3-4-13(29)14(30)5-11/h3-7,10,21-23,26,28-31,36-38H,8-9H2,1-2H3,(H,32,33). The molecule has 0 radical (unpaired) electrons. The fourth-order valence-corrected chi connectivity index (χ4v) is 4.50. The van der Waals surface area contributed by atoms with Crippen LogP contribution in [0, 0.1) is 0 Å². The SMILES string of the molecule is CC1OC(Oc2c(-c3ccc(O)c(O)c3)oc3cc(O)cc(O)c3c2=O)C(O)C(O)C1OC(=O)CC(C)(O)CC(=O)O. The molecule has 2 heterocycles. The summed E-state index contributed by atoms with van der Waals surface area (Å²) < 4.78 is 22.1. The van der Waals surface area contributed by atoms with E-state index in [-0.39, 0.29) is 16.9 Å². The van der Waals surface area contributed by atoms with Gasteiger partial charge in [-0.05, 0) is 32.0 Å². The summed E-state index contributed by atoms with van der Waals surface area (Å²) in [7, 11) is 0. The Bertz CT molecular complexity index is 1580. The highest BCUT2D eigenvalue weighted by molar-refractivity contribution is 5.88. The number of carbonyl (C=O) groups excluding carboxylic acids is 1. The number of phenolic OH excluding ortho intramolecular Hbond substituents is 4. The molecule has 15 nitrogen and oxygen atoms in total. The Morgan fingerprint density at radius 3 is 2.31 bits per heavy atom. The van der Waals surface area contributed by atoms with Gasteiger partial charge in [0, 0.05) is 17.7 Å². The van der Waals surface area contributed by atoms with E-state index in [1.165, 1.54) is 13.0 Å². The molecule has 1 fully saturated rings. The number of hydrogen-bond donors (Lipinski definition) is 8. The lowest BCUT2D eigenvalue weighted by Crippen LogP contribution is -2.59. The van der Waals surface area contributed by atoms with Gasteiger partial charge in [-0.2, -0.15) is 0 Å². The Hall–Kier alpha value is -4.57. The van der Waals surface area contributed by atoms with Crippen LogP contribution < -0.4 is 10.2 Å². The Morgan fingerprint density at radius 2 is 1.67 bits per heavy atom. The summed E-state index contributed by atoms with van der Waals surface area (Å²) in [6.07, 6.45) is -9.78. The van der Waals surface area contributed by atoms with Crippen molar-refractivity contribution in [2.45, 2.75) is 63.0 Å². The third-order valence-electron chi connectivity index (χ3n) is 6.49. The Balaban J connectivity index is 1.66. The molecule has 0 aliphatic carbocycles. The number of aromatic hydroxyl groups is 4. The first kappa shape index (κ1) is 30.4. The minimum absolute atomic E-state index is 0.0127. The number of ether oxygens (including phenoxy) is 3. The summed E-state index contributed by atoms with van der Waals surface area (Å²) in [6.45, 7) is 2.45. The van der Waals surface area contributed by atoms with Gasteiger partial charge in [0.15, 0.2) is 23.4 Å². The van der Waals surface area contributed by atoms with Gasteiger partial charge < -0.3 is 59.5 Å². The molecule has 1 aliphatic heterocycles. The molecule has 226 valence electrons. The molecule has 6 unspecified atom stereocenters. The van der Waals surface area contributed by atoms with E-state index in [1.807, 2.05) is 0 Å². The van der Waals surface area contributed by atoms with Crippen LogP contribution in [-0.2, 0) is 19.1 Å². The monoisotopic (exact) mass is 592 g/mol. The fourth-order valence-electron chi connectivity index (χ4n) is 4.50. The highest BCUT2D eigenvalue weighted by Gasteiger charge is 2.47. The van der Waals surface area contributed by atoms with Crippen LogP contribution in [0.3, 0.4) is 0 Å². The Kier molecular flexibility index (Phi) is 8.22. The van der Waals surface area contributed by atoms with Crippen molar-refractivity contribution < 1.29 is 69.1 Å². The highest BCUT2D eigenvalue weighted by atomic mass is 16.7. The van der Waals surface area contributed by atoms with E-state index in [2.05, 4.69) is 0 Å². The van der Waals surface area contributed by atoms with Crippen molar-refractivity contribution in [2.75, 3.05) is 0 Å². The second-order valence-electron chi connectivity index (χ2n) is 10.1. The van der Waals surface area contributed by atoms with Crippen LogP contribution in [0.25, 0.3) is 22.3 Å². The van der Waals surface area contributed by atoms with Crippen LogP contribution in [0.1, 0.15) is 26.7 Å². The van der Waals surface area contributed by atoms with Crippen molar-refractivity contribution in [3.8, 4) is 40.1 Å². The smallest absolute Gasteiger partial charge is 0.309 e. The molecule has 2 aromatic carbocycles. The zero-order chi connectivity index (χ0) is 31.1. The summed E-state index contributed by atoms with van der Waals surface area (Å²) >= 11 is 0. The Morgan fingerprint density at radius 1 is 0.976 bits per heavy atom. The number of carboxylic acid groups (broad SMARTS) is 1. The molecular formula is C27H28O15. The molecule has 4 rings (SSSR count). The van der Waals surface area contributed by atoms with Gasteiger partial charge in [-0.1, -0.05) is 0 Å². The number of phenols is 4. The third kappa shape index (κ3) is 6.18. The first-order valence-corrected chi connectivity index (χ1v) is 12.4. The lowest BCUT2D eigenvalue weighted by Gasteiger charge is -2.40. The molecule has 0 amide bonds. The minimum atomic E-state index is -1.96. The van der Waals surface area contributed by atoms with Gasteiger partial charge in [-0.15, -0.1) is 0 Å². The van der Waals surface area contributed by atoms with E-state index >= 15 is 0 Å². The first-order valence-electron chi connectivity index (χ1n) is 12.4. The number of aliphatic carboxylic acids is 1. The summed E-state index contributed by atoms with van der Waals surface area (Å²) in [6, 6.07) is 5.27. The highest BCUT2D eigenvalue weighted by Crippen LogP contribution is 2.39. The quantitative estimate of drug-likeness (QED) is 0.132.